The first-order valence-electron chi connectivity index (χ1n) is 10.6. The zero-order chi connectivity index (χ0) is 21.5. The predicted molar refractivity (Wildman–Crippen MR) is 114 cm³/mol. The lowest BCUT2D eigenvalue weighted by atomic mass is 10.0. The number of likely N-dealkylation sites (tertiary alicyclic amines) is 1. The molecule has 2 amide bonds. The van der Waals surface area contributed by atoms with E-state index in [0.29, 0.717) is 30.0 Å². The van der Waals surface area contributed by atoms with Crippen LogP contribution in [0.5, 0.6) is 5.75 Å². The lowest BCUT2D eigenvalue weighted by Gasteiger charge is -2.35. The van der Waals surface area contributed by atoms with E-state index in [4.69, 9.17) is 4.74 Å². The number of carbonyl (C=O) groups excluding carboxylic acids is 2. The zero-order valence-electron chi connectivity index (χ0n) is 18.0. The van der Waals surface area contributed by atoms with Crippen LogP contribution >= 0.6 is 0 Å². The van der Waals surface area contributed by atoms with Crippen molar-refractivity contribution in [3.63, 3.8) is 0 Å². The molecule has 160 valence electrons. The van der Waals surface area contributed by atoms with E-state index in [1.165, 1.54) is 0 Å². The summed E-state index contributed by atoms with van der Waals surface area (Å²) in [5, 5.41) is 2.91. The standard InChI is InChI=1S/C23H30N4O3/c1-4-8-21(28)27-12-6-5-11-20(27)22-24-15-19(16(2)26-22)23(29)25-14-17-9-7-10-18(13-17)30-3/h7,9-10,13,15,20H,4-6,8,11-12,14H2,1-3H3,(H,25,29). The number of nitrogens with one attached hydrogen (secondary N) is 1. The number of rotatable bonds is 7. The molecule has 7 nitrogen and oxygen atoms in total. The summed E-state index contributed by atoms with van der Waals surface area (Å²) in [7, 11) is 1.61. The Labute approximate surface area is 177 Å². The van der Waals surface area contributed by atoms with Gasteiger partial charge in [-0.05, 0) is 50.3 Å². The van der Waals surface area contributed by atoms with Gasteiger partial charge >= 0.3 is 0 Å². The Kier molecular flexibility index (Phi) is 7.38. The molecule has 2 heterocycles. The molecule has 1 unspecified atom stereocenters. The number of hydrogen-bond donors (Lipinski definition) is 1. The Morgan fingerprint density at radius 3 is 2.87 bits per heavy atom. The third kappa shape index (κ3) is 5.14. The van der Waals surface area contributed by atoms with Crippen molar-refractivity contribution < 1.29 is 14.3 Å². The monoisotopic (exact) mass is 410 g/mol. The van der Waals surface area contributed by atoms with Crippen molar-refractivity contribution in [2.45, 2.75) is 58.5 Å². The van der Waals surface area contributed by atoms with Crippen LogP contribution in [-0.4, -0.2) is 40.3 Å². The summed E-state index contributed by atoms with van der Waals surface area (Å²) in [5.41, 5.74) is 2.02. The molecule has 0 saturated carbocycles. The summed E-state index contributed by atoms with van der Waals surface area (Å²) in [6.07, 6.45) is 5.86. The predicted octanol–water partition coefficient (Wildman–Crippen LogP) is 3.58. The number of aromatic nitrogens is 2. The van der Waals surface area contributed by atoms with E-state index in [1.807, 2.05) is 43.0 Å². The van der Waals surface area contributed by atoms with E-state index in [1.54, 1.807) is 13.3 Å². The Bertz CT molecular complexity index is 900. The van der Waals surface area contributed by atoms with Crippen molar-refractivity contribution in [3.05, 3.63) is 53.1 Å². The van der Waals surface area contributed by atoms with Crippen molar-refractivity contribution in [2.75, 3.05) is 13.7 Å². The molecule has 2 aromatic rings. The maximum Gasteiger partial charge on any atom is 0.254 e. The van der Waals surface area contributed by atoms with Crippen molar-refractivity contribution in [2.24, 2.45) is 0 Å². The molecule has 1 aromatic heterocycles. The number of methoxy groups -OCH3 is 1. The summed E-state index contributed by atoms with van der Waals surface area (Å²) in [5.74, 6) is 1.31. The third-order valence-electron chi connectivity index (χ3n) is 5.41. The molecule has 0 radical (unpaired) electrons. The molecule has 0 spiro atoms. The summed E-state index contributed by atoms with van der Waals surface area (Å²) < 4.78 is 5.22. The van der Waals surface area contributed by atoms with Crippen LogP contribution in [0.25, 0.3) is 0 Å². The van der Waals surface area contributed by atoms with Gasteiger partial charge in [0.2, 0.25) is 5.91 Å². The highest BCUT2D eigenvalue weighted by atomic mass is 16.5. The minimum Gasteiger partial charge on any atom is -0.497 e. The van der Waals surface area contributed by atoms with Gasteiger partial charge in [0.05, 0.1) is 24.4 Å². The molecule has 30 heavy (non-hydrogen) atoms. The summed E-state index contributed by atoms with van der Waals surface area (Å²) in [6, 6.07) is 7.46. The van der Waals surface area contributed by atoms with Crippen LogP contribution < -0.4 is 10.1 Å². The molecule has 7 heteroatoms. The van der Waals surface area contributed by atoms with Gasteiger partial charge in [0, 0.05) is 25.7 Å². The Balaban J connectivity index is 1.70. The quantitative estimate of drug-likeness (QED) is 0.754. The fourth-order valence-corrected chi connectivity index (χ4v) is 3.78. The minimum atomic E-state index is -0.218. The van der Waals surface area contributed by atoms with Crippen LogP contribution in [0.2, 0.25) is 0 Å². The number of nitrogens with zero attached hydrogens (tertiary/aromatic N) is 3. The van der Waals surface area contributed by atoms with Gasteiger partial charge in [-0.15, -0.1) is 0 Å². The molecule has 1 atom stereocenters. The summed E-state index contributed by atoms with van der Waals surface area (Å²) in [6.45, 7) is 4.96. The topological polar surface area (TPSA) is 84.4 Å². The second kappa shape index (κ2) is 10.2. The van der Waals surface area contributed by atoms with Crippen molar-refractivity contribution >= 4 is 11.8 Å². The maximum absolute atomic E-state index is 12.7. The first kappa shape index (κ1) is 21.7. The average Bonchev–Trinajstić information content (AvgIpc) is 2.77. The molecule has 0 aliphatic carbocycles. The highest BCUT2D eigenvalue weighted by molar-refractivity contribution is 5.94. The molecule has 1 fully saturated rings. The van der Waals surface area contributed by atoms with Crippen LogP contribution in [0.4, 0.5) is 0 Å². The van der Waals surface area contributed by atoms with Crippen LogP contribution in [0.3, 0.4) is 0 Å². The van der Waals surface area contributed by atoms with Gasteiger partial charge in [-0.2, -0.15) is 0 Å². The highest BCUT2D eigenvalue weighted by Gasteiger charge is 2.30. The molecule has 1 aromatic carbocycles. The molecular formula is C23H30N4O3. The summed E-state index contributed by atoms with van der Waals surface area (Å²) >= 11 is 0. The Morgan fingerprint density at radius 1 is 1.30 bits per heavy atom. The summed E-state index contributed by atoms with van der Waals surface area (Å²) in [4.78, 5) is 36.1. The fraction of sp³-hybridized carbons (Fsp3) is 0.478. The highest BCUT2D eigenvalue weighted by Crippen LogP contribution is 2.30. The second-order valence-corrected chi connectivity index (χ2v) is 7.61. The first-order chi connectivity index (χ1) is 14.5. The zero-order valence-corrected chi connectivity index (χ0v) is 18.0. The van der Waals surface area contributed by atoms with E-state index in [2.05, 4.69) is 15.3 Å². The van der Waals surface area contributed by atoms with Crippen molar-refractivity contribution in [1.29, 1.82) is 0 Å². The number of benzene rings is 1. The smallest absolute Gasteiger partial charge is 0.254 e. The van der Waals surface area contributed by atoms with Crippen LogP contribution in [-0.2, 0) is 11.3 Å². The van der Waals surface area contributed by atoms with Crippen LogP contribution in [0.15, 0.2) is 30.5 Å². The lowest BCUT2D eigenvalue weighted by Crippen LogP contribution is -2.39. The second-order valence-electron chi connectivity index (χ2n) is 7.61. The Hall–Kier alpha value is -2.96. The Morgan fingerprint density at radius 2 is 2.13 bits per heavy atom. The molecule has 3 rings (SSSR count). The molecule has 1 saturated heterocycles. The largest absolute Gasteiger partial charge is 0.497 e. The number of ether oxygens (including phenoxy) is 1. The van der Waals surface area contributed by atoms with Gasteiger partial charge in [-0.25, -0.2) is 9.97 Å². The number of hydrogen-bond acceptors (Lipinski definition) is 5. The molecule has 1 aliphatic heterocycles. The van der Waals surface area contributed by atoms with E-state index < -0.39 is 0 Å². The fourth-order valence-electron chi connectivity index (χ4n) is 3.78. The van der Waals surface area contributed by atoms with Gasteiger partial charge < -0.3 is 15.0 Å². The van der Waals surface area contributed by atoms with E-state index in [9.17, 15) is 9.59 Å². The van der Waals surface area contributed by atoms with Gasteiger partial charge in [-0.3, -0.25) is 9.59 Å². The molecule has 1 aliphatic rings. The maximum atomic E-state index is 12.7. The van der Waals surface area contributed by atoms with Gasteiger partial charge in [-0.1, -0.05) is 19.1 Å². The molecule has 1 N–H and O–H groups in total. The average molecular weight is 411 g/mol. The van der Waals surface area contributed by atoms with E-state index in [0.717, 1.165) is 43.5 Å². The normalized spacial score (nSPS) is 16.2. The minimum absolute atomic E-state index is 0.106. The van der Waals surface area contributed by atoms with Gasteiger partial charge in [0.1, 0.15) is 5.75 Å². The number of amides is 2. The third-order valence-corrected chi connectivity index (χ3v) is 5.41. The molecular weight excluding hydrogens is 380 g/mol. The van der Waals surface area contributed by atoms with E-state index in [-0.39, 0.29) is 17.9 Å². The van der Waals surface area contributed by atoms with Crippen LogP contribution in [0, 0.1) is 6.92 Å². The number of aryl methyl sites for hydroxylation is 1. The molecule has 0 bridgehead atoms. The van der Waals surface area contributed by atoms with Crippen LogP contribution in [0.1, 0.15) is 72.5 Å². The van der Waals surface area contributed by atoms with Gasteiger partial charge in [0.15, 0.2) is 5.82 Å². The lowest BCUT2D eigenvalue weighted by molar-refractivity contribution is -0.135. The SMILES string of the molecule is CCCC(=O)N1CCCCC1c1ncc(C(=O)NCc2cccc(OC)c2)c(C)n1. The van der Waals surface area contributed by atoms with Crippen molar-refractivity contribution in [1.82, 2.24) is 20.2 Å². The van der Waals surface area contributed by atoms with Crippen molar-refractivity contribution in [3.8, 4) is 5.75 Å². The first-order valence-corrected chi connectivity index (χ1v) is 10.6. The number of carbonyl (C=O) groups is 2. The van der Waals surface area contributed by atoms with Gasteiger partial charge in [0.25, 0.3) is 5.91 Å². The van der Waals surface area contributed by atoms with E-state index >= 15 is 0 Å². The number of piperidine rings is 1.